The third-order valence-corrected chi connectivity index (χ3v) is 3.92. The van der Waals surface area contributed by atoms with Gasteiger partial charge < -0.3 is 20.1 Å². The largest absolute Gasteiger partial charge is 0.496 e. The number of nitrogens with zero attached hydrogens (tertiary/aromatic N) is 1. The summed E-state index contributed by atoms with van der Waals surface area (Å²) < 4.78 is 10.4. The second-order valence-corrected chi connectivity index (χ2v) is 6.05. The molecule has 0 aromatic heterocycles. The number of nitrogens with one attached hydrogen (secondary N) is 2. The van der Waals surface area contributed by atoms with Crippen LogP contribution in [0.3, 0.4) is 0 Å². The summed E-state index contributed by atoms with van der Waals surface area (Å²) in [5.74, 6) is 0.295. The molecule has 1 aromatic carbocycles. The number of carbonyl (C=O) groups is 2. The van der Waals surface area contributed by atoms with Crippen LogP contribution in [0.25, 0.3) is 0 Å². The average Bonchev–Trinajstić information content (AvgIpc) is 2.55. The van der Waals surface area contributed by atoms with Crippen molar-refractivity contribution in [3.8, 4) is 5.75 Å². The lowest BCUT2D eigenvalue weighted by molar-refractivity contribution is -0.138. The van der Waals surface area contributed by atoms with E-state index < -0.39 is 5.97 Å². The first kappa shape index (κ1) is 19.1. The van der Waals surface area contributed by atoms with Crippen molar-refractivity contribution in [1.29, 1.82) is 0 Å². The van der Waals surface area contributed by atoms with E-state index in [0.717, 1.165) is 11.3 Å². The Bertz CT molecular complexity index is 690. The van der Waals surface area contributed by atoms with Crippen LogP contribution in [0, 0.1) is 0 Å². The number of hydrogen-bond donors (Lipinski definition) is 2. The fourth-order valence-corrected chi connectivity index (χ4v) is 2.76. The lowest BCUT2D eigenvalue weighted by Gasteiger charge is -2.25. The van der Waals surface area contributed by atoms with Gasteiger partial charge in [-0.05, 0) is 32.2 Å². The average molecular weight is 368 g/mol. The summed E-state index contributed by atoms with van der Waals surface area (Å²) in [6.07, 6.45) is 0. The SMILES string of the molecule is CCOC(=O)C1=C(CN(C)Cc2cc(Cl)ccc2OC)NC(=O)NC1. The molecule has 0 fully saturated rings. The molecule has 0 saturated carbocycles. The molecule has 0 unspecified atom stereocenters. The molecule has 0 aliphatic carbocycles. The van der Waals surface area contributed by atoms with Crippen LogP contribution >= 0.6 is 11.6 Å². The van der Waals surface area contributed by atoms with E-state index in [1.165, 1.54) is 0 Å². The molecule has 2 rings (SSSR count). The highest BCUT2D eigenvalue weighted by molar-refractivity contribution is 6.30. The van der Waals surface area contributed by atoms with E-state index in [1.54, 1.807) is 26.2 Å². The van der Waals surface area contributed by atoms with Crippen molar-refractivity contribution in [2.24, 2.45) is 0 Å². The fourth-order valence-electron chi connectivity index (χ4n) is 2.57. The first-order valence-electron chi connectivity index (χ1n) is 7.89. The molecule has 8 heteroatoms. The van der Waals surface area contributed by atoms with Gasteiger partial charge in [-0.2, -0.15) is 0 Å². The predicted molar refractivity (Wildman–Crippen MR) is 94.5 cm³/mol. The molecule has 25 heavy (non-hydrogen) atoms. The van der Waals surface area contributed by atoms with Gasteiger partial charge in [0.25, 0.3) is 0 Å². The third-order valence-electron chi connectivity index (χ3n) is 3.69. The summed E-state index contributed by atoms with van der Waals surface area (Å²) >= 11 is 6.06. The van der Waals surface area contributed by atoms with Crippen LogP contribution in [0.5, 0.6) is 5.75 Å². The highest BCUT2D eigenvalue weighted by Gasteiger charge is 2.24. The van der Waals surface area contributed by atoms with E-state index in [1.807, 2.05) is 18.0 Å². The molecular weight excluding hydrogens is 346 g/mol. The molecule has 0 atom stereocenters. The van der Waals surface area contributed by atoms with Gasteiger partial charge >= 0.3 is 12.0 Å². The van der Waals surface area contributed by atoms with Crippen molar-refractivity contribution in [3.05, 3.63) is 40.1 Å². The van der Waals surface area contributed by atoms with E-state index in [4.69, 9.17) is 21.1 Å². The van der Waals surface area contributed by atoms with Crippen molar-refractivity contribution in [2.45, 2.75) is 13.5 Å². The first-order chi connectivity index (χ1) is 11.9. The van der Waals surface area contributed by atoms with E-state index in [9.17, 15) is 9.59 Å². The number of methoxy groups -OCH3 is 1. The predicted octanol–water partition coefficient (Wildman–Crippen LogP) is 1.91. The monoisotopic (exact) mass is 367 g/mol. The second-order valence-electron chi connectivity index (χ2n) is 5.61. The number of ether oxygens (including phenoxy) is 2. The number of esters is 1. The Balaban J connectivity index is 2.16. The molecule has 136 valence electrons. The maximum Gasteiger partial charge on any atom is 0.337 e. The zero-order valence-electron chi connectivity index (χ0n) is 14.5. The van der Waals surface area contributed by atoms with Gasteiger partial charge in [0.2, 0.25) is 0 Å². The number of halogens is 1. The third kappa shape index (κ3) is 5.11. The minimum atomic E-state index is -0.432. The van der Waals surface area contributed by atoms with Gasteiger partial charge in [-0.15, -0.1) is 0 Å². The molecule has 2 N–H and O–H groups in total. The number of amides is 2. The van der Waals surface area contributed by atoms with Crippen molar-refractivity contribution in [3.63, 3.8) is 0 Å². The number of benzene rings is 1. The van der Waals surface area contributed by atoms with Crippen LogP contribution in [0.2, 0.25) is 5.02 Å². The normalized spacial score (nSPS) is 14.2. The van der Waals surface area contributed by atoms with Crippen LogP contribution in [0.15, 0.2) is 29.5 Å². The first-order valence-corrected chi connectivity index (χ1v) is 8.27. The summed E-state index contributed by atoms with van der Waals surface area (Å²) in [6.45, 7) is 3.07. The molecule has 0 radical (unpaired) electrons. The minimum absolute atomic E-state index is 0.147. The van der Waals surface area contributed by atoms with Gasteiger partial charge in [-0.1, -0.05) is 11.6 Å². The zero-order valence-corrected chi connectivity index (χ0v) is 15.3. The molecule has 7 nitrogen and oxygen atoms in total. The Morgan fingerprint density at radius 3 is 2.80 bits per heavy atom. The maximum atomic E-state index is 12.1. The van der Waals surface area contributed by atoms with Crippen molar-refractivity contribution >= 4 is 23.6 Å². The Morgan fingerprint density at radius 1 is 1.36 bits per heavy atom. The zero-order chi connectivity index (χ0) is 18.4. The topological polar surface area (TPSA) is 79.9 Å². The maximum absolute atomic E-state index is 12.1. The summed E-state index contributed by atoms with van der Waals surface area (Å²) in [7, 11) is 3.48. The van der Waals surface area contributed by atoms with E-state index in [0.29, 0.717) is 29.4 Å². The Morgan fingerprint density at radius 2 is 2.12 bits per heavy atom. The van der Waals surface area contributed by atoms with Crippen LogP contribution in [0.1, 0.15) is 12.5 Å². The van der Waals surface area contributed by atoms with Crippen molar-refractivity contribution < 1.29 is 19.1 Å². The summed E-state index contributed by atoms with van der Waals surface area (Å²) in [5, 5.41) is 5.89. The van der Waals surface area contributed by atoms with Crippen LogP contribution in [-0.2, 0) is 16.1 Å². The van der Waals surface area contributed by atoms with Gasteiger partial charge in [-0.3, -0.25) is 4.90 Å². The van der Waals surface area contributed by atoms with Crippen molar-refractivity contribution in [1.82, 2.24) is 15.5 Å². The molecule has 2 amide bonds. The molecular formula is C17H22ClN3O4. The summed E-state index contributed by atoms with van der Waals surface area (Å²) in [6, 6.07) is 5.06. The minimum Gasteiger partial charge on any atom is -0.496 e. The second kappa shape index (κ2) is 8.73. The highest BCUT2D eigenvalue weighted by atomic mass is 35.5. The molecule has 1 heterocycles. The van der Waals surface area contributed by atoms with Crippen LogP contribution in [-0.4, -0.2) is 50.8 Å². The quantitative estimate of drug-likeness (QED) is 0.720. The van der Waals surface area contributed by atoms with Gasteiger partial charge in [0, 0.05) is 29.4 Å². The smallest absolute Gasteiger partial charge is 0.337 e. The lowest BCUT2D eigenvalue weighted by atomic mass is 10.1. The van der Waals surface area contributed by atoms with Gasteiger partial charge in [0.1, 0.15) is 5.75 Å². The van der Waals surface area contributed by atoms with Gasteiger partial charge in [0.05, 0.1) is 25.8 Å². The van der Waals surface area contributed by atoms with Gasteiger partial charge in [-0.25, -0.2) is 9.59 Å². The molecule has 1 aliphatic rings. The number of rotatable bonds is 7. The van der Waals surface area contributed by atoms with Crippen LogP contribution in [0.4, 0.5) is 4.79 Å². The van der Waals surface area contributed by atoms with Crippen LogP contribution < -0.4 is 15.4 Å². The number of likely N-dealkylation sites (N-methyl/N-ethyl adjacent to an activating group) is 1. The van der Waals surface area contributed by atoms with E-state index in [2.05, 4.69) is 10.6 Å². The highest BCUT2D eigenvalue weighted by Crippen LogP contribution is 2.24. The lowest BCUT2D eigenvalue weighted by Crippen LogP contribution is -2.46. The molecule has 1 aromatic rings. The Labute approximate surface area is 151 Å². The summed E-state index contributed by atoms with van der Waals surface area (Å²) in [5.41, 5.74) is 1.87. The summed E-state index contributed by atoms with van der Waals surface area (Å²) in [4.78, 5) is 25.6. The number of carbonyl (C=O) groups excluding carboxylic acids is 2. The molecule has 0 saturated heterocycles. The number of urea groups is 1. The van der Waals surface area contributed by atoms with Crippen molar-refractivity contribution in [2.75, 3.05) is 33.9 Å². The molecule has 0 bridgehead atoms. The fraction of sp³-hybridized carbons (Fsp3) is 0.412. The molecule has 0 spiro atoms. The Hall–Kier alpha value is -2.25. The number of hydrogen-bond acceptors (Lipinski definition) is 5. The standard InChI is InChI=1S/C17H22ClN3O4/c1-4-25-16(22)13-8-19-17(23)20-14(13)10-21(2)9-11-7-12(18)5-6-15(11)24-3/h5-7H,4,8-10H2,1-3H3,(H2,19,20,23). The molecule has 1 aliphatic heterocycles. The van der Waals surface area contributed by atoms with E-state index >= 15 is 0 Å². The van der Waals surface area contributed by atoms with Gasteiger partial charge in [0.15, 0.2) is 0 Å². The van der Waals surface area contributed by atoms with E-state index in [-0.39, 0.29) is 19.2 Å². The Kier molecular flexibility index (Phi) is 6.66.